The van der Waals surface area contributed by atoms with Crippen molar-refractivity contribution in [1.29, 1.82) is 0 Å². The highest BCUT2D eigenvalue weighted by Gasteiger charge is 2.28. The van der Waals surface area contributed by atoms with Gasteiger partial charge < -0.3 is 25.0 Å². The molecule has 0 aliphatic carbocycles. The third kappa shape index (κ3) is 6.55. The van der Waals surface area contributed by atoms with Gasteiger partial charge in [0.25, 0.3) is 5.91 Å². The summed E-state index contributed by atoms with van der Waals surface area (Å²) in [5.74, 6) is 0.164. The quantitative estimate of drug-likeness (QED) is 0.650. The number of hydrogen-bond donors (Lipinski definition) is 2. The lowest BCUT2D eigenvalue weighted by atomic mass is 10.0. The van der Waals surface area contributed by atoms with Crippen molar-refractivity contribution < 1.29 is 23.0 Å². The third-order valence-corrected chi connectivity index (χ3v) is 4.86. The Labute approximate surface area is 181 Å². The smallest absolute Gasteiger partial charge is 0.394 e. The zero-order valence-corrected chi connectivity index (χ0v) is 18.3. The van der Waals surface area contributed by atoms with Crippen molar-refractivity contribution in [3.05, 3.63) is 47.5 Å². The minimum Gasteiger partial charge on any atom is -0.477 e. The van der Waals surface area contributed by atoms with Crippen LogP contribution < -0.4 is 20.1 Å². The Morgan fingerprint density at radius 3 is 2.77 bits per heavy atom. The molecule has 1 atom stereocenters. The number of alkyl halides is 2. The molecule has 1 aliphatic rings. The molecule has 168 valence electrons. The predicted molar refractivity (Wildman–Crippen MR) is 117 cm³/mol. The topological polar surface area (TPSA) is 62.8 Å². The normalized spacial score (nSPS) is 15.6. The first-order chi connectivity index (χ1) is 14.6. The van der Waals surface area contributed by atoms with Crippen molar-refractivity contribution >= 4 is 17.3 Å². The van der Waals surface area contributed by atoms with Crippen LogP contribution in [0.1, 0.15) is 24.5 Å². The first kappa shape index (κ1) is 22.8. The van der Waals surface area contributed by atoms with E-state index in [4.69, 9.17) is 4.74 Å². The second-order valence-electron chi connectivity index (χ2n) is 8.11. The van der Waals surface area contributed by atoms with Gasteiger partial charge in [0, 0.05) is 18.7 Å². The fourth-order valence-corrected chi connectivity index (χ4v) is 3.41. The molecule has 1 unspecified atom stereocenters. The maximum absolute atomic E-state index is 13.1. The summed E-state index contributed by atoms with van der Waals surface area (Å²) in [5, 5.41) is 6.04. The molecule has 0 fully saturated rings. The number of benzene rings is 2. The van der Waals surface area contributed by atoms with Crippen LogP contribution in [0, 0.1) is 6.92 Å². The molecule has 8 heteroatoms. The fourth-order valence-electron chi connectivity index (χ4n) is 3.41. The SMILES string of the molecule is Cc1ccc(NC(=O)C2CNc3cc(OC(C)(F)F)ccc3O2)c(CCCN(C)C)c1. The molecule has 0 saturated heterocycles. The number of carbonyl (C=O) groups excluding carboxylic acids is 1. The third-order valence-electron chi connectivity index (χ3n) is 4.86. The highest BCUT2D eigenvalue weighted by Crippen LogP contribution is 2.34. The molecule has 2 N–H and O–H groups in total. The van der Waals surface area contributed by atoms with E-state index in [1.807, 2.05) is 33.2 Å². The fraction of sp³-hybridized carbons (Fsp3) is 0.435. The molecule has 6 nitrogen and oxygen atoms in total. The molecule has 2 aromatic rings. The Kier molecular flexibility index (Phi) is 7.00. The second kappa shape index (κ2) is 9.51. The molecule has 1 heterocycles. The van der Waals surface area contributed by atoms with Crippen LogP contribution in [-0.4, -0.2) is 50.2 Å². The van der Waals surface area contributed by atoms with Crippen LogP contribution in [0.5, 0.6) is 11.5 Å². The average Bonchev–Trinajstić information content (AvgIpc) is 2.68. The first-order valence-electron chi connectivity index (χ1n) is 10.3. The van der Waals surface area contributed by atoms with Gasteiger partial charge in [-0.15, -0.1) is 0 Å². The summed E-state index contributed by atoms with van der Waals surface area (Å²) in [5.41, 5.74) is 3.50. The van der Waals surface area contributed by atoms with E-state index >= 15 is 0 Å². The predicted octanol–water partition coefficient (Wildman–Crippen LogP) is 4.29. The number of fused-ring (bicyclic) bond motifs is 1. The number of rotatable bonds is 8. The van der Waals surface area contributed by atoms with Gasteiger partial charge in [0.2, 0.25) is 0 Å². The summed E-state index contributed by atoms with van der Waals surface area (Å²) in [7, 11) is 4.07. The average molecular weight is 433 g/mol. The highest BCUT2D eigenvalue weighted by molar-refractivity contribution is 5.96. The van der Waals surface area contributed by atoms with Crippen LogP contribution in [0.25, 0.3) is 0 Å². The van der Waals surface area contributed by atoms with E-state index < -0.39 is 12.2 Å². The maximum atomic E-state index is 13.1. The number of halogens is 2. The molecule has 2 aromatic carbocycles. The number of hydrogen-bond acceptors (Lipinski definition) is 5. The van der Waals surface area contributed by atoms with Gasteiger partial charge in [0.1, 0.15) is 11.5 Å². The first-order valence-corrected chi connectivity index (χ1v) is 10.3. The van der Waals surface area contributed by atoms with Crippen molar-refractivity contribution in [3.8, 4) is 11.5 Å². The van der Waals surface area contributed by atoms with E-state index in [-0.39, 0.29) is 18.2 Å². The summed E-state index contributed by atoms with van der Waals surface area (Å²) >= 11 is 0. The monoisotopic (exact) mass is 433 g/mol. The van der Waals surface area contributed by atoms with E-state index in [0.717, 1.165) is 36.2 Å². The van der Waals surface area contributed by atoms with Gasteiger partial charge in [-0.3, -0.25) is 4.79 Å². The lowest BCUT2D eigenvalue weighted by Crippen LogP contribution is -2.41. The van der Waals surface area contributed by atoms with Gasteiger partial charge >= 0.3 is 6.11 Å². The summed E-state index contributed by atoms with van der Waals surface area (Å²) < 4.78 is 36.5. The Bertz CT molecular complexity index is 929. The number of anilines is 2. The van der Waals surface area contributed by atoms with Gasteiger partial charge in [0.15, 0.2) is 6.10 Å². The largest absolute Gasteiger partial charge is 0.477 e. The van der Waals surface area contributed by atoms with Crippen LogP contribution in [0.4, 0.5) is 20.2 Å². The van der Waals surface area contributed by atoms with E-state index in [2.05, 4.69) is 26.3 Å². The zero-order chi connectivity index (χ0) is 22.6. The number of carbonyl (C=O) groups is 1. The van der Waals surface area contributed by atoms with Gasteiger partial charge in [-0.25, -0.2) is 0 Å². The minimum absolute atomic E-state index is 0.0206. The number of nitrogens with zero attached hydrogens (tertiary/aromatic N) is 1. The Balaban J connectivity index is 1.66. The summed E-state index contributed by atoms with van der Waals surface area (Å²) in [6.07, 6.45) is -2.19. The van der Waals surface area contributed by atoms with Crippen LogP contribution >= 0.6 is 0 Å². The molecule has 0 aromatic heterocycles. The van der Waals surface area contributed by atoms with Crippen molar-refractivity contribution in [3.63, 3.8) is 0 Å². The van der Waals surface area contributed by atoms with Crippen LogP contribution in [0.2, 0.25) is 0 Å². The summed E-state index contributed by atoms with van der Waals surface area (Å²) in [4.78, 5) is 15.0. The van der Waals surface area contributed by atoms with Crippen LogP contribution in [0.3, 0.4) is 0 Å². The highest BCUT2D eigenvalue weighted by atomic mass is 19.3. The van der Waals surface area contributed by atoms with Gasteiger partial charge in [-0.1, -0.05) is 17.7 Å². The molecule has 0 saturated carbocycles. The molecule has 0 radical (unpaired) electrons. The lowest BCUT2D eigenvalue weighted by molar-refractivity contribution is -0.158. The van der Waals surface area contributed by atoms with Crippen molar-refractivity contribution in [1.82, 2.24) is 4.90 Å². The van der Waals surface area contributed by atoms with Crippen molar-refractivity contribution in [2.45, 2.75) is 38.9 Å². The lowest BCUT2D eigenvalue weighted by Gasteiger charge is -2.27. The standard InChI is InChI=1S/C23H29F2N3O3/c1-15-7-9-18(16(12-15)6-5-11-28(3)4)27-22(29)21-14-26-19-13-17(31-23(2,24)25)8-10-20(19)30-21/h7-10,12-13,21,26H,5-6,11,14H2,1-4H3,(H,27,29). The van der Waals surface area contributed by atoms with Crippen molar-refractivity contribution in [2.75, 3.05) is 37.8 Å². The minimum atomic E-state index is -3.27. The molecular weight excluding hydrogens is 404 g/mol. The van der Waals surface area contributed by atoms with Crippen LogP contribution in [0.15, 0.2) is 36.4 Å². The molecule has 1 amide bonds. The van der Waals surface area contributed by atoms with E-state index in [9.17, 15) is 13.6 Å². The maximum Gasteiger partial charge on any atom is 0.394 e. The second-order valence-corrected chi connectivity index (χ2v) is 8.11. The van der Waals surface area contributed by atoms with Crippen molar-refractivity contribution in [2.24, 2.45) is 0 Å². The number of ether oxygens (including phenoxy) is 2. The van der Waals surface area contributed by atoms with Gasteiger partial charge in [-0.05, 0) is 64.2 Å². The number of amides is 1. The molecule has 3 rings (SSSR count). The number of nitrogens with one attached hydrogen (secondary N) is 2. The van der Waals surface area contributed by atoms with Gasteiger partial charge in [0.05, 0.1) is 12.2 Å². The molecule has 0 bridgehead atoms. The van der Waals surface area contributed by atoms with E-state index in [1.54, 1.807) is 0 Å². The summed E-state index contributed by atoms with van der Waals surface area (Å²) in [6, 6.07) is 10.3. The molecule has 31 heavy (non-hydrogen) atoms. The van der Waals surface area contributed by atoms with E-state index in [1.165, 1.54) is 18.2 Å². The molecule has 1 aliphatic heterocycles. The van der Waals surface area contributed by atoms with Crippen LogP contribution in [-0.2, 0) is 11.2 Å². The molecule has 0 spiro atoms. The Morgan fingerprint density at radius 2 is 2.06 bits per heavy atom. The van der Waals surface area contributed by atoms with Gasteiger partial charge in [-0.2, -0.15) is 8.78 Å². The summed E-state index contributed by atoms with van der Waals surface area (Å²) in [6.45, 7) is 3.88. The Morgan fingerprint density at radius 1 is 1.29 bits per heavy atom. The van der Waals surface area contributed by atoms with E-state index in [0.29, 0.717) is 18.4 Å². The number of aryl methyl sites for hydroxylation is 2. The molecular formula is C23H29F2N3O3. The Hall–Kier alpha value is -2.87. The zero-order valence-electron chi connectivity index (χ0n) is 18.3.